The van der Waals surface area contributed by atoms with Gasteiger partial charge in [-0.1, -0.05) is 95.5 Å². The molecule has 1 atom stereocenters. The highest BCUT2D eigenvalue weighted by atomic mass is 79.9. The quantitative estimate of drug-likeness (QED) is 0.173. The van der Waals surface area contributed by atoms with E-state index < -0.39 is 28.5 Å². The molecule has 46 heavy (non-hydrogen) atoms. The van der Waals surface area contributed by atoms with Crippen LogP contribution in [0.1, 0.15) is 47.9 Å². The molecule has 240 valence electrons. The molecule has 1 aliphatic carbocycles. The minimum Gasteiger partial charge on any atom is -0.352 e. The molecule has 1 saturated carbocycles. The normalized spacial score (nSPS) is 14.1. The van der Waals surface area contributed by atoms with Gasteiger partial charge in [0.15, 0.2) is 0 Å². The lowest BCUT2D eigenvalue weighted by Crippen LogP contribution is -2.54. The molecule has 0 aliphatic heterocycles. The molecule has 2 amide bonds. The van der Waals surface area contributed by atoms with Crippen molar-refractivity contribution in [2.24, 2.45) is 0 Å². The van der Waals surface area contributed by atoms with Gasteiger partial charge in [-0.15, -0.1) is 0 Å². The summed E-state index contributed by atoms with van der Waals surface area (Å²) in [4.78, 5) is 30.4. The maximum Gasteiger partial charge on any atom is 0.264 e. The Bertz CT molecular complexity index is 1740. The van der Waals surface area contributed by atoms with Crippen LogP contribution in [0.25, 0.3) is 0 Å². The molecular weight excluding hydrogens is 662 g/mol. The molecule has 9 heteroatoms. The molecule has 1 aliphatic rings. The van der Waals surface area contributed by atoms with E-state index >= 15 is 0 Å². The van der Waals surface area contributed by atoms with E-state index in [9.17, 15) is 18.0 Å². The van der Waals surface area contributed by atoms with Gasteiger partial charge in [0, 0.05) is 23.5 Å². The SMILES string of the molecule is Cc1ccc(N(CC(=O)N(Cc2ccc(Br)cc2)[C@H](Cc2ccccc2)C(=O)NC2CCCC2)S(=O)(=O)c2ccccc2)cc1C. The molecule has 0 heterocycles. The van der Waals surface area contributed by atoms with Gasteiger partial charge < -0.3 is 10.2 Å². The van der Waals surface area contributed by atoms with Gasteiger partial charge in [-0.2, -0.15) is 0 Å². The summed E-state index contributed by atoms with van der Waals surface area (Å²) in [5, 5.41) is 3.21. The van der Waals surface area contributed by atoms with Crippen LogP contribution in [0.2, 0.25) is 0 Å². The van der Waals surface area contributed by atoms with Gasteiger partial charge in [-0.05, 0) is 85.3 Å². The first kappa shape index (κ1) is 33.4. The minimum absolute atomic E-state index is 0.0564. The van der Waals surface area contributed by atoms with Crippen LogP contribution in [0.15, 0.2) is 112 Å². The van der Waals surface area contributed by atoms with E-state index in [-0.39, 0.29) is 29.8 Å². The van der Waals surface area contributed by atoms with Crippen molar-refractivity contribution in [1.29, 1.82) is 0 Å². The van der Waals surface area contributed by atoms with Crippen molar-refractivity contribution in [3.8, 4) is 0 Å². The van der Waals surface area contributed by atoms with Crippen molar-refractivity contribution in [2.45, 2.75) is 69.5 Å². The van der Waals surface area contributed by atoms with Crippen LogP contribution in [-0.4, -0.2) is 43.8 Å². The van der Waals surface area contributed by atoms with Crippen LogP contribution >= 0.6 is 15.9 Å². The zero-order valence-electron chi connectivity index (χ0n) is 26.2. The maximum absolute atomic E-state index is 14.6. The fourth-order valence-electron chi connectivity index (χ4n) is 5.84. The van der Waals surface area contributed by atoms with Gasteiger partial charge in [0.1, 0.15) is 12.6 Å². The summed E-state index contributed by atoms with van der Waals surface area (Å²) in [6, 6.07) is 29.9. The van der Waals surface area contributed by atoms with Crippen LogP contribution in [-0.2, 0) is 32.6 Å². The van der Waals surface area contributed by atoms with E-state index in [2.05, 4.69) is 21.2 Å². The Hall–Kier alpha value is -3.95. The number of sulfonamides is 1. The van der Waals surface area contributed by atoms with Crippen LogP contribution in [0.4, 0.5) is 5.69 Å². The Morgan fingerprint density at radius 2 is 1.46 bits per heavy atom. The fourth-order valence-corrected chi connectivity index (χ4v) is 7.53. The first-order valence-corrected chi connectivity index (χ1v) is 17.9. The zero-order valence-corrected chi connectivity index (χ0v) is 28.6. The van der Waals surface area contributed by atoms with Crippen LogP contribution in [0.3, 0.4) is 0 Å². The lowest BCUT2D eigenvalue weighted by molar-refractivity contribution is -0.140. The second kappa shape index (κ2) is 15.1. The number of amides is 2. The number of aryl methyl sites for hydroxylation is 2. The Labute approximate surface area is 280 Å². The van der Waals surface area contributed by atoms with Crippen molar-refractivity contribution in [3.63, 3.8) is 0 Å². The van der Waals surface area contributed by atoms with E-state index in [0.29, 0.717) is 5.69 Å². The van der Waals surface area contributed by atoms with Gasteiger partial charge in [0.25, 0.3) is 10.0 Å². The van der Waals surface area contributed by atoms with Crippen LogP contribution in [0.5, 0.6) is 0 Å². The van der Waals surface area contributed by atoms with E-state index in [1.165, 1.54) is 16.4 Å². The maximum atomic E-state index is 14.6. The highest BCUT2D eigenvalue weighted by molar-refractivity contribution is 9.10. The summed E-state index contributed by atoms with van der Waals surface area (Å²) < 4.78 is 30.4. The molecule has 1 fully saturated rings. The number of nitrogens with one attached hydrogen (secondary N) is 1. The third-order valence-corrected chi connectivity index (χ3v) is 10.9. The molecule has 4 aromatic carbocycles. The predicted octanol–water partition coefficient (Wildman–Crippen LogP) is 6.96. The molecule has 7 nitrogen and oxygen atoms in total. The first-order chi connectivity index (χ1) is 22.1. The van der Waals surface area contributed by atoms with Crippen molar-refractivity contribution in [1.82, 2.24) is 10.2 Å². The van der Waals surface area contributed by atoms with E-state index in [4.69, 9.17) is 0 Å². The van der Waals surface area contributed by atoms with Gasteiger partial charge in [-0.25, -0.2) is 8.42 Å². The summed E-state index contributed by atoms with van der Waals surface area (Å²) in [5.74, 6) is -0.701. The highest BCUT2D eigenvalue weighted by Crippen LogP contribution is 2.27. The smallest absolute Gasteiger partial charge is 0.264 e. The Balaban J connectivity index is 1.57. The van der Waals surface area contributed by atoms with E-state index in [1.54, 1.807) is 35.2 Å². The van der Waals surface area contributed by atoms with Gasteiger partial charge in [0.2, 0.25) is 11.8 Å². The van der Waals surface area contributed by atoms with E-state index in [0.717, 1.165) is 52.4 Å². The van der Waals surface area contributed by atoms with Gasteiger partial charge in [0.05, 0.1) is 10.6 Å². The largest absolute Gasteiger partial charge is 0.352 e. The number of halogens is 1. The second-order valence-corrected chi connectivity index (χ2v) is 14.7. The second-order valence-electron chi connectivity index (χ2n) is 11.9. The van der Waals surface area contributed by atoms with Crippen molar-refractivity contribution >= 4 is 43.5 Å². The number of benzene rings is 4. The lowest BCUT2D eigenvalue weighted by atomic mass is 10.0. The number of rotatable bonds is 12. The summed E-state index contributed by atoms with van der Waals surface area (Å²) in [6.07, 6.45) is 4.20. The Morgan fingerprint density at radius 1 is 0.826 bits per heavy atom. The van der Waals surface area contributed by atoms with Crippen LogP contribution in [0, 0.1) is 13.8 Å². The molecule has 1 N–H and O–H groups in total. The fraction of sp³-hybridized carbons (Fsp3) is 0.297. The molecule has 0 aromatic heterocycles. The van der Waals surface area contributed by atoms with Crippen molar-refractivity contribution in [3.05, 3.63) is 130 Å². The number of hydrogen-bond acceptors (Lipinski definition) is 4. The molecule has 0 unspecified atom stereocenters. The molecule has 5 rings (SSSR count). The average molecular weight is 703 g/mol. The number of nitrogens with zero attached hydrogens (tertiary/aromatic N) is 2. The molecular formula is C37H40BrN3O4S. The monoisotopic (exact) mass is 701 g/mol. The van der Waals surface area contributed by atoms with Crippen LogP contribution < -0.4 is 9.62 Å². The minimum atomic E-state index is -4.14. The number of carbonyl (C=O) groups excluding carboxylic acids is 2. The van der Waals surface area contributed by atoms with Gasteiger partial charge in [-0.3, -0.25) is 13.9 Å². The first-order valence-electron chi connectivity index (χ1n) is 15.6. The summed E-state index contributed by atoms with van der Waals surface area (Å²) in [7, 11) is -4.14. The third-order valence-electron chi connectivity index (χ3n) is 8.63. The molecule has 0 saturated heterocycles. The molecule has 0 spiro atoms. The summed E-state index contributed by atoms with van der Waals surface area (Å²) >= 11 is 3.48. The van der Waals surface area contributed by atoms with E-state index in [1.807, 2.05) is 74.5 Å². The number of carbonyl (C=O) groups is 2. The Kier molecular flexibility index (Phi) is 11.0. The number of hydrogen-bond donors (Lipinski definition) is 1. The lowest BCUT2D eigenvalue weighted by Gasteiger charge is -2.34. The summed E-state index contributed by atoms with van der Waals surface area (Å²) in [6.45, 7) is 3.53. The number of anilines is 1. The molecule has 0 radical (unpaired) electrons. The van der Waals surface area contributed by atoms with Crippen molar-refractivity contribution in [2.75, 3.05) is 10.8 Å². The third kappa shape index (κ3) is 8.25. The molecule has 0 bridgehead atoms. The standard InChI is InChI=1S/C37H40BrN3O4S/c1-27-17-22-33(23-28(27)2)41(46(44,45)34-15-7-4-8-16-34)26-36(42)40(25-30-18-20-31(38)21-19-30)35(24-29-11-5-3-6-12-29)37(43)39-32-13-9-10-14-32/h3-8,11-12,15-23,32,35H,9-10,13-14,24-26H2,1-2H3,(H,39,43)/t35-/m1/s1. The highest BCUT2D eigenvalue weighted by Gasteiger charge is 2.35. The Morgan fingerprint density at radius 3 is 2.09 bits per heavy atom. The topological polar surface area (TPSA) is 86.8 Å². The predicted molar refractivity (Wildman–Crippen MR) is 186 cm³/mol. The zero-order chi connectivity index (χ0) is 32.7. The summed E-state index contributed by atoms with van der Waals surface area (Å²) in [5.41, 5.74) is 4.04. The van der Waals surface area contributed by atoms with Gasteiger partial charge >= 0.3 is 0 Å². The van der Waals surface area contributed by atoms with Crippen molar-refractivity contribution < 1.29 is 18.0 Å². The molecule has 4 aromatic rings. The average Bonchev–Trinajstić information content (AvgIpc) is 3.57.